The second-order valence-electron chi connectivity index (χ2n) is 9.65. The second kappa shape index (κ2) is 8.23. The van der Waals surface area contributed by atoms with Gasteiger partial charge in [-0.3, -0.25) is 0 Å². The number of fused-ring (bicyclic) bond motifs is 1. The molecule has 1 heterocycles. The van der Waals surface area contributed by atoms with Crippen molar-refractivity contribution in [3.63, 3.8) is 0 Å². The first-order valence-corrected chi connectivity index (χ1v) is 12.2. The van der Waals surface area contributed by atoms with Crippen molar-refractivity contribution in [3.8, 4) is 11.1 Å². The largest absolute Gasteiger partial charge is 0.347 e. The van der Waals surface area contributed by atoms with Gasteiger partial charge < -0.3 is 4.57 Å². The molecule has 0 amide bonds. The molecule has 32 heavy (non-hydrogen) atoms. The summed E-state index contributed by atoms with van der Waals surface area (Å²) in [5, 5.41) is 0.225. The predicted molar refractivity (Wildman–Crippen MR) is 121 cm³/mol. The van der Waals surface area contributed by atoms with Crippen LogP contribution in [0.15, 0.2) is 42.6 Å². The molecule has 1 saturated carbocycles. The van der Waals surface area contributed by atoms with Gasteiger partial charge in [-0.2, -0.15) is 0 Å². The molecule has 0 radical (unpaired) electrons. The summed E-state index contributed by atoms with van der Waals surface area (Å²) in [6, 6.07) is 8.83. The van der Waals surface area contributed by atoms with E-state index in [9.17, 15) is 17.2 Å². The Labute approximate surface area is 186 Å². The molecule has 1 aromatic heterocycles. The van der Waals surface area contributed by atoms with Crippen LogP contribution in [0, 0.1) is 11.2 Å². The zero-order valence-electron chi connectivity index (χ0n) is 18.3. The lowest BCUT2D eigenvalue weighted by atomic mass is 9.96. The minimum Gasteiger partial charge on any atom is -0.347 e. The molecule has 1 aliphatic rings. The smallest absolute Gasteiger partial charge is 0.264 e. The van der Waals surface area contributed by atoms with Crippen molar-refractivity contribution in [2.45, 2.75) is 58.4 Å². The average molecular weight is 465 g/mol. The molecule has 1 fully saturated rings. The fraction of sp³-hybridized carbons (Fsp3) is 0.417. The van der Waals surface area contributed by atoms with Crippen molar-refractivity contribution in [1.29, 1.82) is 0 Å². The third kappa shape index (κ3) is 4.71. The van der Waals surface area contributed by atoms with Gasteiger partial charge >= 0.3 is 0 Å². The molecule has 0 unspecified atom stereocenters. The van der Waals surface area contributed by atoms with Gasteiger partial charge in [0.25, 0.3) is 6.43 Å². The van der Waals surface area contributed by atoms with E-state index in [4.69, 9.17) is 0 Å². The molecule has 8 heteroatoms. The van der Waals surface area contributed by atoms with Gasteiger partial charge in [-0.05, 0) is 41.5 Å². The zero-order chi connectivity index (χ0) is 23.3. The lowest BCUT2D eigenvalue weighted by molar-refractivity contribution is 0.152. The Balaban J connectivity index is 1.83. The van der Waals surface area contributed by atoms with Gasteiger partial charge in [0.15, 0.2) is 0 Å². The Morgan fingerprint density at radius 1 is 1.12 bits per heavy atom. The normalized spacial score (nSPS) is 15.1. The summed E-state index contributed by atoms with van der Waals surface area (Å²) in [6.07, 6.45) is 0.411. The van der Waals surface area contributed by atoms with Crippen molar-refractivity contribution in [2.24, 2.45) is 5.41 Å². The van der Waals surface area contributed by atoms with Gasteiger partial charge in [0.05, 0.1) is 5.25 Å². The van der Waals surface area contributed by atoms with Gasteiger partial charge in [0, 0.05) is 41.3 Å². The molecule has 1 N–H and O–H groups in total. The number of halogens is 3. The first-order valence-electron chi connectivity index (χ1n) is 10.6. The third-order valence-corrected chi connectivity index (χ3v) is 7.51. The highest BCUT2D eigenvalue weighted by Gasteiger charge is 2.35. The van der Waals surface area contributed by atoms with Gasteiger partial charge in [0.1, 0.15) is 5.82 Å². The molecule has 0 bridgehead atoms. The van der Waals surface area contributed by atoms with Crippen molar-refractivity contribution in [1.82, 2.24) is 9.29 Å². The Bertz CT molecular complexity index is 1260. The number of rotatable bonds is 7. The maximum Gasteiger partial charge on any atom is 0.264 e. The van der Waals surface area contributed by atoms with Crippen LogP contribution in [0.4, 0.5) is 13.2 Å². The molecule has 172 valence electrons. The molecular weight excluding hydrogens is 437 g/mol. The fourth-order valence-electron chi connectivity index (χ4n) is 3.98. The monoisotopic (exact) mass is 464 g/mol. The minimum absolute atomic E-state index is 0.0544. The highest BCUT2D eigenvalue weighted by Crippen LogP contribution is 2.36. The maximum absolute atomic E-state index is 15.2. The fourth-order valence-corrected chi connectivity index (χ4v) is 5.33. The number of aromatic nitrogens is 1. The minimum atomic E-state index is -3.39. The first kappa shape index (κ1) is 22.9. The van der Waals surface area contributed by atoms with Crippen LogP contribution in [0.3, 0.4) is 0 Å². The van der Waals surface area contributed by atoms with E-state index in [1.165, 1.54) is 24.3 Å². The Kier molecular flexibility index (Phi) is 5.88. The summed E-state index contributed by atoms with van der Waals surface area (Å²) in [7, 11) is -3.39. The van der Waals surface area contributed by atoms with Gasteiger partial charge in [-0.15, -0.1) is 0 Å². The van der Waals surface area contributed by atoms with E-state index in [1.54, 1.807) is 12.1 Å². The number of benzene rings is 2. The maximum atomic E-state index is 15.2. The second-order valence-corrected chi connectivity index (χ2v) is 11.7. The number of alkyl halides is 2. The molecule has 0 aliphatic heterocycles. The molecule has 0 saturated heterocycles. The Morgan fingerprint density at radius 2 is 1.81 bits per heavy atom. The molecule has 0 atom stereocenters. The molecule has 3 aromatic rings. The summed E-state index contributed by atoms with van der Waals surface area (Å²) in [5.41, 5.74) is 1.26. The van der Waals surface area contributed by atoms with E-state index >= 15 is 4.39 Å². The lowest BCUT2D eigenvalue weighted by Crippen LogP contribution is -2.26. The predicted octanol–water partition coefficient (Wildman–Crippen LogP) is 6.01. The van der Waals surface area contributed by atoms with Gasteiger partial charge in [-0.1, -0.05) is 45.0 Å². The SMILES string of the molecule is CC(C)(C)Cn1cc(CNS(=O)(=O)C2CC2)c2cc(F)c(-c3ccccc3C(F)F)cc21. The molecule has 2 aromatic carbocycles. The third-order valence-electron chi connectivity index (χ3n) is 5.61. The van der Waals surface area contributed by atoms with E-state index in [-0.39, 0.29) is 33.9 Å². The zero-order valence-corrected chi connectivity index (χ0v) is 19.1. The molecule has 0 spiro atoms. The van der Waals surface area contributed by atoms with Crippen LogP contribution in [-0.2, 0) is 23.1 Å². The molecule has 4 nitrogen and oxygen atoms in total. The number of nitrogens with one attached hydrogen (secondary N) is 1. The standard InChI is InChI=1S/C24H27F3N2O2S/c1-24(2,3)14-29-13-15(12-28-32(30,31)16-8-9-16)19-10-21(25)20(11-22(19)29)17-6-4-5-7-18(17)23(26)27/h4-7,10-11,13,16,23,28H,8-9,12,14H2,1-3H3. The Hall–Kier alpha value is -2.32. The van der Waals surface area contributed by atoms with Crippen LogP contribution in [0.1, 0.15) is 51.2 Å². The van der Waals surface area contributed by atoms with E-state index < -0.39 is 22.3 Å². The van der Waals surface area contributed by atoms with Crippen LogP contribution in [0.5, 0.6) is 0 Å². The summed E-state index contributed by atoms with van der Waals surface area (Å²) < 4.78 is 71.4. The van der Waals surface area contributed by atoms with Crippen molar-refractivity contribution >= 4 is 20.9 Å². The summed E-state index contributed by atoms with van der Waals surface area (Å²) in [6.45, 7) is 6.83. The number of sulfonamides is 1. The molecule has 1 aliphatic carbocycles. The first-order chi connectivity index (χ1) is 15.0. The number of hydrogen-bond donors (Lipinski definition) is 1. The van der Waals surface area contributed by atoms with Gasteiger partial charge in [-0.25, -0.2) is 26.3 Å². The van der Waals surface area contributed by atoms with Crippen molar-refractivity contribution < 1.29 is 21.6 Å². The summed E-state index contributed by atoms with van der Waals surface area (Å²) in [4.78, 5) is 0. The summed E-state index contributed by atoms with van der Waals surface area (Å²) in [5.74, 6) is -0.620. The highest BCUT2D eigenvalue weighted by molar-refractivity contribution is 7.90. The van der Waals surface area contributed by atoms with Crippen LogP contribution in [0.2, 0.25) is 0 Å². The highest BCUT2D eigenvalue weighted by atomic mass is 32.2. The van der Waals surface area contributed by atoms with Crippen LogP contribution in [0.25, 0.3) is 22.0 Å². The van der Waals surface area contributed by atoms with E-state index in [1.807, 2.05) is 10.8 Å². The van der Waals surface area contributed by atoms with Crippen LogP contribution in [-0.4, -0.2) is 18.2 Å². The van der Waals surface area contributed by atoms with E-state index in [0.29, 0.717) is 35.9 Å². The lowest BCUT2D eigenvalue weighted by Gasteiger charge is -2.20. The average Bonchev–Trinajstić information content (AvgIpc) is 3.51. The molecular formula is C24H27F3N2O2S. The van der Waals surface area contributed by atoms with Crippen LogP contribution < -0.4 is 4.72 Å². The van der Waals surface area contributed by atoms with Gasteiger partial charge in [0.2, 0.25) is 10.0 Å². The number of nitrogens with zero attached hydrogens (tertiary/aromatic N) is 1. The van der Waals surface area contributed by atoms with Crippen LogP contribution >= 0.6 is 0 Å². The molecule has 4 rings (SSSR count). The topological polar surface area (TPSA) is 51.1 Å². The van der Waals surface area contributed by atoms with E-state index in [2.05, 4.69) is 25.5 Å². The van der Waals surface area contributed by atoms with Crippen molar-refractivity contribution in [3.05, 3.63) is 59.5 Å². The van der Waals surface area contributed by atoms with Crippen molar-refractivity contribution in [2.75, 3.05) is 0 Å². The van der Waals surface area contributed by atoms with E-state index in [0.717, 1.165) is 0 Å². The quantitative estimate of drug-likeness (QED) is 0.465. The number of hydrogen-bond acceptors (Lipinski definition) is 2. The Morgan fingerprint density at radius 3 is 2.44 bits per heavy atom. The summed E-state index contributed by atoms with van der Waals surface area (Å²) >= 11 is 0.